The summed E-state index contributed by atoms with van der Waals surface area (Å²) in [4.78, 5) is 12.5. The van der Waals surface area contributed by atoms with Crippen molar-refractivity contribution in [1.29, 1.82) is 0 Å². The zero-order chi connectivity index (χ0) is 18.3. The maximum absolute atomic E-state index is 12.1. The van der Waals surface area contributed by atoms with E-state index < -0.39 is 12.4 Å². The average Bonchev–Trinajstić information content (AvgIpc) is 2.52. The van der Waals surface area contributed by atoms with Gasteiger partial charge >= 0.3 is 6.36 Å². The van der Waals surface area contributed by atoms with Gasteiger partial charge in [-0.2, -0.15) is 0 Å². The highest BCUT2D eigenvalue weighted by Gasteiger charge is 2.31. The molecule has 4 N–H and O–H groups in total. The van der Waals surface area contributed by atoms with Crippen LogP contribution in [0.25, 0.3) is 0 Å². The highest BCUT2D eigenvalue weighted by atomic mass is 35.5. The van der Waals surface area contributed by atoms with Gasteiger partial charge in [0, 0.05) is 5.70 Å². The summed E-state index contributed by atoms with van der Waals surface area (Å²) in [6.07, 6.45) is -1.36. The molecule has 132 valence electrons. The van der Waals surface area contributed by atoms with Crippen LogP contribution in [0.5, 0.6) is 5.75 Å². The summed E-state index contributed by atoms with van der Waals surface area (Å²) in [5.74, 6) is -0.125. The van der Waals surface area contributed by atoms with Crippen molar-refractivity contribution in [2.24, 2.45) is 11.5 Å². The van der Waals surface area contributed by atoms with Crippen molar-refractivity contribution in [2.75, 3.05) is 5.88 Å². The van der Waals surface area contributed by atoms with E-state index in [2.05, 4.69) is 4.74 Å². The topological polar surface area (TPSA) is 81.6 Å². The Labute approximate surface area is 142 Å². The molecule has 24 heavy (non-hydrogen) atoms. The quantitative estimate of drug-likeness (QED) is 0.443. The van der Waals surface area contributed by atoms with Gasteiger partial charge in [-0.3, -0.25) is 9.69 Å². The molecule has 0 aliphatic carbocycles. The van der Waals surface area contributed by atoms with Crippen molar-refractivity contribution in [3.05, 3.63) is 53.5 Å². The summed E-state index contributed by atoms with van der Waals surface area (Å²) >= 11 is 5.53. The molecule has 0 aliphatic rings. The van der Waals surface area contributed by atoms with Gasteiger partial charge < -0.3 is 16.2 Å². The van der Waals surface area contributed by atoms with E-state index in [-0.39, 0.29) is 17.5 Å². The lowest BCUT2D eigenvalue weighted by atomic mass is 10.1. The molecule has 1 rings (SSSR count). The Bertz CT molecular complexity index is 615. The smallest absolute Gasteiger partial charge is 0.406 e. The summed E-state index contributed by atoms with van der Waals surface area (Å²) in [5, 5.41) is 0. The number of carbonyl (C=O) groups is 1. The zero-order valence-electron chi connectivity index (χ0n) is 12.8. The molecular weight excluding hydrogens is 347 g/mol. The van der Waals surface area contributed by atoms with Crippen molar-refractivity contribution in [2.45, 2.75) is 19.3 Å². The minimum atomic E-state index is -4.76. The van der Waals surface area contributed by atoms with Crippen LogP contribution in [-0.4, -0.2) is 23.6 Å². The maximum Gasteiger partial charge on any atom is 0.573 e. The first-order valence-corrected chi connectivity index (χ1v) is 7.28. The van der Waals surface area contributed by atoms with Crippen LogP contribution in [0.15, 0.2) is 47.9 Å². The third kappa shape index (κ3) is 6.04. The lowest BCUT2D eigenvalue weighted by Gasteiger charge is -2.25. The molecule has 0 aromatic heterocycles. The van der Waals surface area contributed by atoms with Gasteiger partial charge in [0.15, 0.2) is 0 Å². The standard InChI is InChI=1S/C15H17ClF3N3O2/c1-10(22(9-23)14(21)7-4-12(20)8-16)11-2-5-13(6-3-11)24-15(17,18)19/h2-7,9-10H,8,20-21H2,1H3/b12-4-,14-7+. The molecule has 0 radical (unpaired) electrons. The fourth-order valence-corrected chi connectivity index (χ4v) is 1.90. The molecule has 0 aliphatic heterocycles. The molecule has 0 saturated carbocycles. The highest BCUT2D eigenvalue weighted by molar-refractivity contribution is 6.19. The summed E-state index contributed by atoms with van der Waals surface area (Å²) < 4.78 is 40.2. The van der Waals surface area contributed by atoms with E-state index in [4.69, 9.17) is 23.1 Å². The number of hydrogen-bond acceptors (Lipinski definition) is 4. The average molecular weight is 364 g/mol. The van der Waals surface area contributed by atoms with Crippen LogP contribution in [0.3, 0.4) is 0 Å². The number of allylic oxidation sites excluding steroid dienone is 3. The molecule has 0 bridgehead atoms. The number of carbonyl (C=O) groups excluding carboxylic acids is 1. The minimum Gasteiger partial charge on any atom is -0.406 e. The largest absolute Gasteiger partial charge is 0.573 e. The van der Waals surface area contributed by atoms with Crippen molar-refractivity contribution in [3.8, 4) is 5.75 Å². The Morgan fingerprint density at radius 1 is 1.29 bits per heavy atom. The van der Waals surface area contributed by atoms with Gasteiger partial charge in [0.2, 0.25) is 6.41 Å². The Kier molecular flexibility index (Phi) is 6.97. The first-order valence-electron chi connectivity index (χ1n) is 6.75. The van der Waals surface area contributed by atoms with Crippen molar-refractivity contribution < 1.29 is 22.7 Å². The summed E-state index contributed by atoms with van der Waals surface area (Å²) in [6.45, 7) is 1.67. The van der Waals surface area contributed by atoms with Gasteiger partial charge in [0.1, 0.15) is 11.6 Å². The fourth-order valence-electron chi connectivity index (χ4n) is 1.81. The number of amides is 1. The molecule has 1 amide bonds. The number of nitrogens with zero attached hydrogens (tertiary/aromatic N) is 1. The van der Waals surface area contributed by atoms with Gasteiger partial charge in [0.05, 0.1) is 11.9 Å². The fraction of sp³-hybridized carbons (Fsp3) is 0.267. The third-order valence-corrected chi connectivity index (χ3v) is 3.36. The summed E-state index contributed by atoms with van der Waals surface area (Å²) in [7, 11) is 0. The van der Waals surface area contributed by atoms with Gasteiger partial charge in [-0.25, -0.2) is 0 Å². The molecule has 0 saturated heterocycles. The lowest BCUT2D eigenvalue weighted by Crippen LogP contribution is -2.29. The van der Waals surface area contributed by atoms with Crippen LogP contribution >= 0.6 is 11.6 Å². The highest BCUT2D eigenvalue weighted by Crippen LogP contribution is 2.26. The van der Waals surface area contributed by atoms with E-state index in [1.165, 1.54) is 29.2 Å². The molecule has 0 spiro atoms. The molecule has 1 aromatic carbocycles. The molecule has 5 nitrogen and oxygen atoms in total. The normalized spacial score (nSPS) is 14.2. The molecule has 1 atom stereocenters. The molecule has 0 fully saturated rings. The predicted molar refractivity (Wildman–Crippen MR) is 84.7 cm³/mol. The van der Waals surface area contributed by atoms with Crippen LogP contribution < -0.4 is 16.2 Å². The first kappa shape index (κ1) is 19.7. The van der Waals surface area contributed by atoms with Crippen molar-refractivity contribution in [1.82, 2.24) is 4.90 Å². The van der Waals surface area contributed by atoms with E-state index >= 15 is 0 Å². The van der Waals surface area contributed by atoms with Crippen LogP contribution in [-0.2, 0) is 4.79 Å². The monoisotopic (exact) mass is 363 g/mol. The Hall–Kier alpha value is -2.35. The SMILES string of the molecule is CC(c1ccc(OC(F)(F)F)cc1)N(C=O)/C(N)=C/C=C(\N)CCl. The van der Waals surface area contributed by atoms with E-state index in [1.807, 2.05) is 0 Å². The molecule has 0 heterocycles. The van der Waals surface area contributed by atoms with Crippen LogP contribution in [0.4, 0.5) is 13.2 Å². The molecular formula is C15H17ClF3N3O2. The minimum absolute atomic E-state index is 0.112. The number of benzene rings is 1. The van der Waals surface area contributed by atoms with Crippen molar-refractivity contribution in [3.63, 3.8) is 0 Å². The van der Waals surface area contributed by atoms with Crippen LogP contribution in [0.2, 0.25) is 0 Å². The number of alkyl halides is 4. The molecule has 9 heteroatoms. The van der Waals surface area contributed by atoms with Gasteiger partial charge in [-0.1, -0.05) is 12.1 Å². The number of rotatable bonds is 7. The Balaban J connectivity index is 2.93. The van der Waals surface area contributed by atoms with Gasteiger partial charge in [-0.05, 0) is 36.8 Å². The van der Waals surface area contributed by atoms with E-state index in [0.29, 0.717) is 17.7 Å². The Morgan fingerprint density at radius 3 is 2.33 bits per heavy atom. The second-order valence-corrected chi connectivity index (χ2v) is 5.04. The number of hydrogen-bond donors (Lipinski definition) is 2. The van der Waals surface area contributed by atoms with Gasteiger partial charge in [-0.15, -0.1) is 24.8 Å². The van der Waals surface area contributed by atoms with Gasteiger partial charge in [0.25, 0.3) is 0 Å². The maximum atomic E-state index is 12.1. The van der Waals surface area contributed by atoms with Crippen molar-refractivity contribution >= 4 is 18.0 Å². The number of nitrogens with two attached hydrogens (primary N) is 2. The van der Waals surface area contributed by atoms with E-state index in [9.17, 15) is 18.0 Å². The number of ether oxygens (including phenoxy) is 1. The van der Waals surface area contributed by atoms with E-state index in [1.54, 1.807) is 6.92 Å². The Morgan fingerprint density at radius 2 is 1.88 bits per heavy atom. The summed E-state index contributed by atoms with van der Waals surface area (Å²) in [5.41, 5.74) is 12.3. The van der Waals surface area contributed by atoms with Crippen LogP contribution in [0.1, 0.15) is 18.5 Å². The summed E-state index contributed by atoms with van der Waals surface area (Å²) in [6, 6.07) is 4.64. The first-order chi connectivity index (χ1) is 11.2. The number of halogens is 4. The molecule has 1 aromatic rings. The van der Waals surface area contributed by atoms with Crippen LogP contribution in [0, 0.1) is 0 Å². The second kappa shape index (κ2) is 8.49. The third-order valence-electron chi connectivity index (χ3n) is 3.05. The molecule has 1 unspecified atom stereocenters. The lowest BCUT2D eigenvalue weighted by molar-refractivity contribution is -0.274. The zero-order valence-corrected chi connectivity index (χ0v) is 13.5. The second-order valence-electron chi connectivity index (χ2n) is 4.77. The van der Waals surface area contributed by atoms with E-state index in [0.717, 1.165) is 12.1 Å². The predicted octanol–water partition coefficient (Wildman–Crippen LogP) is 2.99.